The van der Waals surface area contributed by atoms with Gasteiger partial charge in [-0.3, -0.25) is 4.79 Å². The minimum Gasteiger partial charge on any atom is -0.476 e. The van der Waals surface area contributed by atoms with Gasteiger partial charge in [0.1, 0.15) is 0 Å². The third-order valence-corrected chi connectivity index (χ3v) is 4.40. The fraction of sp³-hybridized carbons (Fsp3) is 0.267. The summed E-state index contributed by atoms with van der Waals surface area (Å²) < 4.78 is 0. The Morgan fingerprint density at radius 1 is 1.24 bits per heavy atom. The van der Waals surface area contributed by atoms with Gasteiger partial charge in [0, 0.05) is 11.1 Å². The van der Waals surface area contributed by atoms with Crippen molar-refractivity contribution in [1.29, 1.82) is 0 Å². The van der Waals surface area contributed by atoms with Crippen LogP contribution < -0.4 is 5.32 Å². The highest BCUT2D eigenvalue weighted by molar-refractivity contribution is 7.12. The maximum Gasteiger partial charge on any atom is 0.355 e. The molecule has 0 atom stereocenters. The number of hydrogen-bond donors (Lipinski definition) is 2. The first-order valence-electron chi connectivity index (χ1n) is 6.76. The summed E-state index contributed by atoms with van der Waals surface area (Å²) in [5.41, 5.74) is 3.18. The van der Waals surface area contributed by atoms with Gasteiger partial charge in [0.15, 0.2) is 10.7 Å². The molecule has 3 rings (SSSR count). The number of carboxylic acids is 1. The number of carbonyl (C=O) groups is 2. The lowest BCUT2D eigenvalue weighted by Crippen LogP contribution is -2.15. The number of thiazole rings is 1. The Bertz CT molecular complexity index is 709. The normalized spacial score (nSPS) is 13.5. The fourth-order valence-electron chi connectivity index (χ4n) is 2.55. The number of nitrogens with zero attached hydrogens (tertiary/aromatic N) is 1. The molecule has 1 aliphatic rings. The standard InChI is InChI=1S/C15H14N2O3S/c18-13(14-17-12(8-21-14)15(19)20)16-11-7-3-5-9-4-1-2-6-10(9)11/h3,5,7-8H,1-2,4,6H2,(H,16,18)(H,19,20). The molecule has 1 heterocycles. The number of nitrogens with one attached hydrogen (secondary N) is 1. The number of benzene rings is 1. The zero-order valence-corrected chi connectivity index (χ0v) is 12.1. The van der Waals surface area contributed by atoms with Crippen molar-refractivity contribution in [2.75, 3.05) is 5.32 Å². The van der Waals surface area contributed by atoms with Gasteiger partial charge in [-0.25, -0.2) is 9.78 Å². The van der Waals surface area contributed by atoms with Crippen LogP contribution in [0, 0.1) is 0 Å². The van der Waals surface area contributed by atoms with Crippen LogP contribution >= 0.6 is 11.3 Å². The molecular weight excluding hydrogens is 288 g/mol. The van der Waals surface area contributed by atoms with Crippen LogP contribution in [0.5, 0.6) is 0 Å². The monoisotopic (exact) mass is 302 g/mol. The van der Waals surface area contributed by atoms with Gasteiger partial charge in [0.25, 0.3) is 5.91 Å². The summed E-state index contributed by atoms with van der Waals surface area (Å²) in [6.07, 6.45) is 4.31. The molecule has 1 aliphatic carbocycles. The number of aromatic carboxylic acids is 1. The maximum absolute atomic E-state index is 12.2. The van der Waals surface area contributed by atoms with E-state index in [1.54, 1.807) is 0 Å². The lowest BCUT2D eigenvalue weighted by Gasteiger charge is -2.19. The van der Waals surface area contributed by atoms with E-state index in [0.717, 1.165) is 36.3 Å². The van der Waals surface area contributed by atoms with Gasteiger partial charge < -0.3 is 10.4 Å². The first-order chi connectivity index (χ1) is 10.1. The molecule has 0 aliphatic heterocycles. The lowest BCUT2D eigenvalue weighted by molar-refractivity contribution is 0.0691. The second kappa shape index (κ2) is 5.65. The molecule has 0 unspecified atom stereocenters. The molecule has 2 N–H and O–H groups in total. The summed E-state index contributed by atoms with van der Waals surface area (Å²) in [5.74, 6) is -1.48. The predicted molar refractivity (Wildman–Crippen MR) is 80.1 cm³/mol. The third kappa shape index (κ3) is 2.80. The van der Waals surface area contributed by atoms with Crippen molar-refractivity contribution >= 4 is 28.9 Å². The Balaban J connectivity index is 1.83. The van der Waals surface area contributed by atoms with Crippen molar-refractivity contribution in [2.45, 2.75) is 25.7 Å². The smallest absolute Gasteiger partial charge is 0.355 e. The van der Waals surface area contributed by atoms with E-state index in [1.165, 1.54) is 22.9 Å². The molecule has 2 aromatic rings. The largest absolute Gasteiger partial charge is 0.476 e. The lowest BCUT2D eigenvalue weighted by atomic mass is 9.90. The second-order valence-electron chi connectivity index (χ2n) is 4.95. The Labute approximate surface area is 125 Å². The van der Waals surface area contributed by atoms with Crippen LogP contribution in [0.1, 0.15) is 44.3 Å². The predicted octanol–water partition coefficient (Wildman–Crippen LogP) is 2.97. The minimum absolute atomic E-state index is 0.0970. The molecule has 1 aromatic carbocycles. The average Bonchev–Trinajstić information content (AvgIpc) is 2.98. The van der Waals surface area contributed by atoms with E-state index in [4.69, 9.17) is 5.11 Å². The number of carboxylic acid groups (broad SMARTS) is 1. The Hall–Kier alpha value is -2.21. The van der Waals surface area contributed by atoms with E-state index >= 15 is 0 Å². The van der Waals surface area contributed by atoms with Crippen molar-refractivity contribution in [2.24, 2.45) is 0 Å². The van der Waals surface area contributed by atoms with Crippen molar-refractivity contribution in [3.63, 3.8) is 0 Å². The van der Waals surface area contributed by atoms with Crippen molar-refractivity contribution in [3.8, 4) is 0 Å². The second-order valence-corrected chi connectivity index (χ2v) is 5.81. The summed E-state index contributed by atoms with van der Waals surface area (Å²) in [5, 5.41) is 13.2. The first kappa shape index (κ1) is 13.8. The zero-order chi connectivity index (χ0) is 14.8. The van der Waals surface area contributed by atoms with Crippen LogP contribution in [-0.2, 0) is 12.8 Å². The molecular formula is C15H14N2O3S. The Kier molecular flexibility index (Phi) is 3.70. The summed E-state index contributed by atoms with van der Waals surface area (Å²) in [6, 6.07) is 5.91. The van der Waals surface area contributed by atoms with Gasteiger partial charge in [-0.2, -0.15) is 0 Å². The molecule has 0 saturated heterocycles. The van der Waals surface area contributed by atoms with Crippen LogP contribution in [0.15, 0.2) is 23.6 Å². The highest BCUT2D eigenvalue weighted by atomic mass is 32.1. The highest BCUT2D eigenvalue weighted by Gasteiger charge is 2.18. The zero-order valence-electron chi connectivity index (χ0n) is 11.3. The SMILES string of the molecule is O=C(O)c1csc(C(=O)Nc2cccc3c2CCCC3)n1. The average molecular weight is 302 g/mol. The minimum atomic E-state index is -1.12. The quantitative estimate of drug-likeness (QED) is 0.913. The van der Waals surface area contributed by atoms with Gasteiger partial charge in [0.05, 0.1) is 0 Å². The van der Waals surface area contributed by atoms with E-state index < -0.39 is 5.97 Å². The number of hydrogen-bond acceptors (Lipinski definition) is 4. The van der Waals surface area contributed by atoms with E-state index in [1.807, 2.05) is 12.1 Å². The Morgan fingerprint density at radius 2 is 2.05 bits per heavy atom. The van der Waals surface area contributed by atoms with Crippen LogP contribution in [0.2, 0.25) is 0 Å². The maximum atomic E-state index is 12.2. The molecule has 0 spiro atoms. The van der Waals surface area contributed by atoms with Crippen LogP contribution in [0.4, 0.5) is 5.69 Å². The van der Waals surface area contributed by atoms with Crippen LogP contribution in [0.25, 0.3) is 0 Å². The molecule has 1 amide bonds. The molecule has 5 nitrogen and oxygen atoms in total. The number of rotatable bonds is 3. The van der Waals surface area contributed by atoms with Gasteiger partial charge in [-0.05, 0) is 42.9 Å². The van der Waals surface area contributed by atoms with Gasteiger partial charge in [-0.15, -0.1) is 11.3 Å². The van der Waals surface area contributed by atoms with Crippen molar-refractivity contribution < 1.29 is 14.7 Å². The van der Waals surface area contributed by atoms with Crippen LogP contribution in [-0.4, -0.2) is 22.0 Å². The summed E-state index contributed by atoms with van der Waals surface area (Å²) >= 11 is 1.04. The first-order valence-corrected chi connectivity index (χ1v) is 7.64. The third-order valence-electron chi connectivity index (χ3n) is 3.56. The van der Waals surface area contributed by atoms with Crippen molar-refractivity contribution in [1.82, 2.24) is 4.98 Å². The molecule has 0 fully saturated rings. The van der Waals surface area contributed by atoms with Gasteiger partial charge in [-0.1, -0.05) is 12.1 Å². The van der Waals surface area contributed by atoms with Gasteiger partial charge >= 0.3 is 5.97 Å². The number of amides is 1. The van der Waals surface area contributed by atoms with E-state index in [-0.39, 0.29) is 16.6 Å². The molecule has 0 bridgehead atoms. The molecule has 1 aromatic heterocycles. The number of carbonyl (C=O) groups excluding carboxylic acids is 1. The molecule has 21 heavy (non-hydrogen) atoms. The molecule has 0 saturated carbocycles. The van der Waals surface area contributed by atoms with E-state index in [2.05, 4.69) is 16.4 Å². The molecule has 0 radical (unpaired) electrons. The fourth-order valence-corrected chi connectivity index (χ4v) is 3.24. The van der Waals surface area contributed by atoms with E-state index in [0.29, 0.717) is 0 Å². The summed E-state index contributed by atoms with van der Waals surface area (Å²) in [4.78, 5) is 26.8. The number of fused-ring (bicyclic) bond motifs is 1. The Morgan fingerprint density at radius 3 is 2.81 bits per heavy atom. The topological polar surface area (TPSA) is 79.3 Å². The number of aryl methyl sites for hydroxylation is 1. The molecule has 6 heteroatoms. The highest BCUT2D eigenvalue weighted by Crippen LogP contribution is 2.28. The van der Waals surface area contributed by atoms with E-state index in [9.17, 15) is 9.59 Å². The summed E-state index contributed by atoms with van der Waals surface area (Å²) in [6.45, 7) is 0. The number of aromatic nitrogens is 1. The number of anilines is 1. The van der Waals surface area contributed by atoms with Crippen molar-refractivity contribution in [3.05, 3.63) is 45.4 Å². The molecule has 108 valence electrons. The summed E-state index contributed by atoms with van der Waals surface area (Å²) in [7, 11) is 0. The van der Waals surface area contributed by atoms with Gasteiger partial charge in [0.2, 0.25) is 0 Å². The van der Waals surface area contributed by atoms with Crippen LogP contribution in [0.3, 0.4) is 0 Å².